The summed E-state index contributed by atoms with van der Waals surface area (Å²) < 4.78 is 0. The van der Waals surface area contributed by atoms with Crippen molar-refractivity contribution < 1.29 is 4.79 Å². The van der Waals surface area contributed by atoms with E-state index in [0.717, 1.165) is 22.3 Å². The molecule has 1 heterocycles. The molecule has 0 bridgehead atoms. The number of nitrogens with one attached hydrogen (secondary N) is 2. The van der Waals surface area contributed by atoms with E-state index in [-0.39, 0.29) is 5.91 Å². The number of aryl methyl sites for hydroxylation is 1. The molecule has 0 radical (unpaired) electrons. The Morgan fingerprint density at radius 1 is 1.35 bits per heavy atom. The number of pyridine rings is 1. The lowest BCUT2D eigenvalue weighted by atomic mass is 10.1. The van der Waals surface area contributed by atoms with Gasteiger partial charge in [-0.2, -0.15) is 0 Å². The highest BCUT2D eigenvalue weighted by molar-refractivity contribution is 6.01. The summed E-state index contributed by atoms with van der Waals surface area (Å²) in [4.78, 5) is 16.0. The molecule has 1 aromatic heterocycles. The Morgan fingerprint density at radius 3 is 2.88 bits per heavy atom. The third-order valence-electron chi connectivity index (χ3n) is 2.46. The lowest BCUT2D eigenvalue weighted by molar-refractivity contribution is -0.115. The number of para-hydroxylation sites is 1. The van der Waals surface area contributed by atoms with E-state index >= 15 is 0 Å². The molecule has 88 valence electrons. The largest absolute Gasteiger partial charge is 0.324 e. The van der Waals surface area contributed by atoms with Crippen molar-refractivity contribution in [2.75, 3.05) is 18.9 Å². The van der Waals surface area contributed by atoms with Crippen LogP contribution in [0.3, 0.4) is 0 Å². The van der Waals surface area contributed by atoms with Gasteiger partial charge < -0.3 is 10.6 Å². The molecule has 0 aliphatic heterocycles. The molecule has 1 amide bonds. The van der Waals surface area contributed by atoms with Gasteiger partial charge in [0.15, 0.2) is 0 Å². The minimum absolute atomic E-state index is 0.0525. The van der Waals surface area contributed by atoms with Crippen LogP contribution in [-0.4, -0.2) is 24.5 Å². The first-order valence-corrected chi connectivity index (χ1v) is 5.51. The molecule has 0 aliphatic carbocycles. The topological polar surface area (TPSA) is 54.0 Å². The quantitative estimate of drug-likeness (QED) is 0.842. The van der Waals surface area contributed by atoms with E-state index in [1.54, 1.807) is 7.05 Å². The summed E-state index contributed by atoms with van der Waals surface area (Å²) in [5.41, 5.74) is 2.60. The molecule has 2 N–H and O–H groups in total. The van der Waals surface area contributed by atoms with Gasteiger partial charge in [0.05, 0.1) is 17.7 Å². The van der Waals surface area contributed by atoms with Gasteiger partial charge >= 0.3 is 0 Å². The van der Waals surface area contributed by atoms with Crippen molar-refractivity contribution in [3.8, 4) is 0 Å². The lowest BCUT2D eigenvalue weighted by Gasteiger charge is -2.09. The smallest absolute Gasteiger partial charge is 0.238 e. The van der Waals surface area contributed by atoms with E-state index < -0.39 is 0 Å². The molecule has 2 rings (SSSR count). The van der Waals surface area contributed by atoms with Crippen molar-refractivity contribution in [3.63, 3.8) is 0 Å². The van der Waals surface area contributed by atoms with E-state index in [4.69, 9.17) is 0 Å². The van der Waals surface area contributed by atoms with Gasteiger partial charge in [-0.3, -0.25) is 9.78 Å². The molecule has 2 aromatic rings. The third kappa shape index (κ3) is 2.60. The minimum Gasteiger partial charge on any atom is -0.324 e. The SMILES string of the molecule is CNCC(=O)Nc1cc(C)nc2ccccc12. The van der Waals surface area contributed by atoms with Crippen LogP contribution in [0.15, 0.2) is 30.3 Å². The number of hydrogen-bond acceptors (Lipinski definition) is 3. The van der Waals surface area contributed by atoms with Gasteiger partial charge in [0.2, 0.25) is 5.91 Å². The number of likely N-dealkylation sites (N-methyl/N-ethyl adjacent to an activating group) is 1. The minimum atomic E-state index is -0.0525. The monoisotopic (exact) mass is 229 g/mol. The number of rotatable bonds is 3. The fraction of sp³-hybridized carbons (Fsp3) is 0.231. The predicted octanol–water partition coefficient (Wildman–Crippen LogP) is 1.70. The highest BCUT2D eigenvalue weighted by Gasteiger charge is 2.06. The molecular formula is C13H15N3O. The van der Waals surface area contributed by atoms with E-state index in [0.29, 0.717) is 6.54 Å². The van der Waals surface area contributed by atoms with E-state index in [9.17, 15) is 4.79 Å². The molecule has 0 saturated carbocycles. The van der Waals surface area contributed by atoms with Gasteiger partial charge in [-0.1, -0.05) is 18.2 Å². The first kappa shape index (κ1) is 11.5. The summed E-state index contributed by atoms with van der Waals surface area (Å²) >= 11 is 0. The first-order valence-electron chi connectivity index (χ1n) is 5.51. The number of fused-ring (bicyclic) bond motifs is 1. The van der Waals surface area contributed by atoms with Crippen LogP contribution in [0.5, 0.6) is 0 Å². The van der Waals surface area contributed by atoms with Crippen molar-refractivity contribution in [1.29, 1.82) is 0 Å². The van der Waals surface area contributed by atoms with Gasteiger partial charge in [0.1, 0.15) is 0 Å². The Balaban J connectivity index is 2.42. The lowest BCUT2D eigenvalue weighted by Crippen LogP contribution is -2.25. The van der Waals surface area contributed by atoms with Gasteiger partial charge in [0, 0.05) is 11.1 Å². The van der Waals surface area contributed by atoms with Crippen LogP contribution in [0.4, 0.5) is 5.69 Å². The van der Waals surface area contributed by atoms with E-state index in [2.05, 4.69) is 15.6 Å². The molecule has 0 atom stereocenters. The number of nitrogens with zero attached hydrogens (tertiary/aromatic N) is 1. The molecule has 0 aliphatic rings. The van der Waals surface area contributed by atoms with Crippen LogP contribution < -0.4 is 10.6 Å². The number of anilines is 1. The van der Waals surface area contributed by atoms with Gasteiger partial charge in [-0.15, -0.1) is 0 Å². The molecule has 0 saturated heterocycles. The molecule has 0 fully saturated rings. The van der Waals surface area contributed by atoms with Crippen LogP contribution in [0, 0.1) is 6.92 Å². The van der Waals surface area contributed by atoms with Gasteiger partial charge in [-0.05, 0) is 26.1 Å². The second kappa shape index (κ2) is 4.93. The zero-order valence-electron chi connectivity index (χ0n) is 9.95. The summed E-state index contributed by atoms with van der Waals surface area (Å²) in [6, 6.07) is 9.66. The molecule has 17 heavy (non-hydrogen) atoms. The number of benzene rings is 1. The molecule has 0 unspecified atom stereocenters. The maximum atomic E-state index is 11.6. The maximum Gasteiger partial charge on any atom is 0.238 e. The van der Waals surface area contributed by atoms with Crippen LogP contribution >= 0.6 is 0 Å². The average molecular weight is 229 g/mol. The Hall–Kier alpha value is -1.94. The summed E-state index contributed by atoms with van der Waals surface area (Å²) in [5, 5.41) is 6.67. The van der Waals surface area contributed by atoms with Crippen molar-refractivity contribution in [2.24, 2.45) is 0 Å². The Labute approximate surface area is 100 Å². The van der Waals surface area contributed by atoms with E-state index in [1.807, 2.05) is 37.3 Å². The van der Waals surface area contributed by atoms with Gasteiger partial charge in [-0.25, -0.2) is 0 Å². The summed E-state index contributed by atoms with van der Waals surface area (Å²) in [6.07, 6.45) is 0. The number of hydrogen-bond donors (Lipinski definition) is 2. The summed E-state index contributed by atoms with van der Waals surface area (Å²) in [6.45, 7) is 2.22. The molecular weight excluding hydrogens is 214 g/mol. The van der Waals surface area contributed by atoms with Gasteiger partial charge in [0.25, 0.3) is 0 Å². The second-order valence-corrected chi connectivity index (χ2v) is 3.91. The predicted molar refractivity (Wildman–Crippen MR) is 69.0 cm³/mol. The van der Waals surface area contributed by atoms with Crippen LogP contribution in [0.25, 0.3) is 10.9 Å². The molecule has 4 nitrogen and oxygen atoms in total. The fourth-order valence-electron chi connectivity index (χ4n) is 1.77. The van der Waals surface area contributed by atoms with Crippen LogP contribution in [0.2, 0.25) is 0 Å². The normalized spacial score (nSPS) is 10.5. The van der Waals surface area contributed by atoms with Crippen molar-refractivity contribution in [3.05, 3.63) is 36.0 Å². The number of amides is 1. The number of carbonyl (C=O) groups excluding carboxylic acids is 1. The Morgan fingerprint density at radius 2 is 2.12 bits per heavy atom. The molecule has 1 aromatic carbocycles. The summed E-state index contributed by atoms with van der Waals surface area (Å²) in [5.74, 6) is -0.0525. The summed E-state index contributed by atoms with van der Waals surface area (Å²) in [7, 11) is 1.75. The highest BCUT2D eigenvalue weighted by Crippen LogP contribution is 2.22. The average Bonchev–Trinajstić information content (AvgIpc) is 2.29. The Kier molecular flexibility index (Phi) is 3.35. The van der Waals surface area contributed by atoms with Crippen LogP contribution in [0.1, 0.15) is 5.69 Å². The zero-order chi connectivity index (χ0) is 12.3. The van der Waals surface area contributed by atoms with Crippen LogP contribution in [-0.2, 0) is 4.79 Å². The maximum absolute atomic E-state index is 11.6. The van der Waals surface area contributed by atoms with E-state index in [1.165, 1.54) is 0 Å². The molecule has 4 heteroatoms. The fourth-order valence-corrected chi connectivity index (χ4v) is 1.77. The number of carbonyl (C=O) groups is 1. The van der Waals surface area contributed by atoms with Crippen molar-refractivity contribution in [2.45, 2.75) is 6.92 Å². The molecule has 0 spiro atoms. The van der Waals surface area contributed by atoms with Crippen molar-refractivity contribution in [1.82, 2.24) is 10.3 Å². The first-order chi connectivity index (χ1) is 8.20. The number of aromatic nitrogens is 1. The zero-order valence-corrected chi connectivity index (χ0v) is 9.95. The Bertz CT molecular complexity index is 551. The van der Waals surface area contributed by atoms with Crippen molar-refractivity contribution >= 4 is 22.5 Å². The third-order valence-corrected chi connectivity index (χ3v) is 2.46. The standard InChI is InChI=1S/C13H15N3O/c1-9-7-12(16-13(17)8-14-2)10-5-3-4-6-11(10)15-9/h3-7,14H,8H2,1-2H3,(H,15,16,17). The second-order valence-electron chi connectivity index (χ2n) is 3.91. The highest BCUT2D eigenvalue weighted by atomic mass is 16.1.